The Hall–Kier alpha value is -1.95. The largest absolute Gasteiger partial charge is 0.504 e. The molecule has 0 aromatic heterocycles. The molecule has 4 N–H and O–H groups in total. The first-order valence-corrected chi connectivity index (χ1v) is 4.91. The molecule has 0 bridgehead atoms. The van der Waals surface area contributed by atoms with E-state index in [1.54, 1.807) is 0 Å². The molecule has 0 aliphatic heterocycles. The fourth-order valence-corrected chi connectivity index (χ4v) is 1.48. The molecule has 0 fully saturated rings. The van der Waals surface area contributed by atoms with E-state index in [2.05, 4.69) is 4.74 Å². The van der Waals surface area contributed by atoms with E-state index >= 15 is 0 Å². The summed E-state index contributed by atoms with van der Waals surface area (Å²) in [5.74, 6) is -2.76. The number of methoxy groups -OCH3 is 1. The fraction of sp³-hybridized carbons (Fsp3) is 0.364. The molecule has 1 aromatic carbocycles. The Morgan fingerprint density at radius 1 is 1.35 bits per heavy atom. The number of hydrogen-bond acceptors (Lipinski definition) is 6. The minimum absolute atomic E-state index is 0.0298. The highest BCUT2D eigenvalue weighted by Crippen LogP contribution is 2.40. The number of carbonyl (C=O) groups excluding carboxylic acids is 1. The van der Waals surface area contributed by atoms with Crippen LogP contribution in [0.3, 0.4) is 0 Å². The number of hydrogen-bond donors (Lipinski definition) is 4. The van der Waals surface area contributed by atoms with Crippen LogP contribution < -0.4 is 0 Å². The Morgan fingerprint density at radius 3 is 2.41 bits per heavy atom. The first-order valence-electron chi connectivity index (χ1n) is 4.91. The SMILES string of the molecule is COC(=O)c1cc(O)c(O)c(O)c1CC(C)O. The van der Waals surface area contributed by atoms with Crippen LogP contribution in [-0.2, 0) is 11.2 Å². The van der Waals surface area contributed by atoms with Crippen molar-refractivity contribution in [2.45, 2.75) is 19.4 Å². The molecule has 17 heavy (non-hydrogen) atoms. The van der Waals surface area contributed by atoms with Crippen LogP contribution >= 0.6 is 0 Å². The predicted molar refractivity (Wildman–Crippen MR) is 58.2 cm³/mol. The van der Waals surface area contributed by atoms with Crippen LogP contribution in [0.4, 0.5) is 0 Å². The highest BCUT2D eigenvalue weighted by Gasteiger charge is 2.22. The van der Waals surface area contributed by atoms with Gasteiger partial charge in [0.25, 0.3) is 0 Å². The number of ether oxygens (including phenoxy) is 1. The number of carbonyl (C=O) groups is 1. The Bertz CT molecular complexity index is 438. The fourth-order valence-electron chi connectivity index (χ4n) is 1.48. The molecule has 6 heteroatoms. The summed E-state index contributed by atoms with van der Waals surface area (Å²) >= 11 is 0. The lowest BCUT2D eigenvalue weighted by Crippen LogP contribution is -2.11. The van der Waals surface area contributed by atoms with Crippen molar-refractivity contribution in [3.63, 3.8) is 0 Å². The number of phenolic OH excluding ortho intramolecular Hbond substituents is 3. The van der Waals surface area contributed by atoms with Crippen molar-refractivity contribution in [3.05, 3.63) is 17.2 Å². The molecule has 0 saturated heterocycles. The minimum atomic E-state index is -0.826. The Labute approximate surface area is 97.7 Å². The van der Waals surface area contributed by atoms with E-state index < -0.39 is 29.3 Å². The van der Waals surface area contributed by atoms with Crippen molar-refractivity contribution in [3.8, 4) is 17.2 Å². The molecule has 1 aromatic rings. The third-order valence-corrected chi connectivity index (χ3v) is 2.26. The number of aromatic hydroxyl groups is 3. The zero-order valence-electron chi connectivity index (χ0n) is 9.47. The van der Waals surface area contributed by atoms with Gasteiger partial charge in [-0.15, -0.1) is 0 Å². The summed E-state index contributed by atoms with van der Waals surface area (Å²) in [6, 6.07) is 0.985. The lowest BCUT2D eigenvalue weighted by atomic mass is 9.99. The predicted octanol–water partition coefficient (Wildman–Crippen LogP) is 0.513. The van der Waals surface area contributed by atoms with Crippen LogP contribution in [0.25, 0.3) is 0 Å². The standard InChI is InChI=1S/C11H14O6/c1-5(12)3-6-7(11(16)17-2)4-8(13)10(15)9(6)14/h4-5,12-15H,3H2,1-2H3. The van der Waals surface area contributed by atoms with E-state index in [1.807, 2.05) is 0 Å². The number of rotatable bonds is 3. The van der Waals surface area contributed by atoms with Gasteiger partial charge in [-0.1, -0.05) is 0 Å². The van der Waals surface area contributed by atoms with Crippen LogP contribution in [0.2, 0.25) is 0 Å². The van der Waals surface area contributed by atoms with Crippen molar-refractivity contribution in [1.82, 2.24) is 0 Å². The number of aliphatic hydroxyl groups is 1. The molecule has 0 heterocycles. The maximum atomic E-state index is 11.4. The van der Waals surface area contributed by atoms with Gasteiger partial charge >= 0.3 is 5.97 Å². The van der Waals surface area contributed by atoms with Gasteiger partial charge < -0.3 is 25.2 Å². The van der Waals surface area contributed by atoms with Crippen molar-refractivity contribution in [2.24, 2.45) is 0 Å². The van der Waals surface area contributed by atoms with Crippen molar-refractivity contribution in [1.29, 1.82) is 0 Å². The van der Waals surface area contributed by atoms with Crippen LogP contribution in [0, 0.1) is 0 Å². The first kappa shape index (κ1) is 13.1. The van der Waals surface area contributed by atoms with Gasteiger partial charge in [0.2, 0.25) is 5.75 Å². The Kier molecular flexibility index (Phi) is 3.80. The van der Waals surface area contributed by atoms with Gasteiger partial charge in [0.1, 0.15) is 0 Å². The Balaban J connectivity index is 3.40. The second-order valence-corrected chi connectivity index (χ2v) is 3.66. The monoisotopic (exact) mass is 242 g/mol. The van der Waals surface area contributed by atoms with Gasteiger partial charge in [-0.3, -0.25) is 0 Å². The van der Waals surface area contributed by atoms with Gasteiger partial charge in [-0.25, -0.2) is 4.79 Å². The molecule has 0 spiro atoms. The van der Waals surface area contributed by atoms with Gasteiger partial charge in [0.05, 0.1) is 18.8 Å². The van der Waals surface area contributed by atoms with Gasteiger partial charge in [0.15, 0.2) is 11.5 Å². The van der Waals surface area contributed by atoms with Gasteiger partial charge in [-0.05, 0) is 13.0 Å². The van der Waals surface area contributed by atoms with E-state index in [4.69, 9.17) is 0 Å². The van der Waals surface area contributed by atoms with E-state index in [-0.39, 0.29) is 17.5 Å². The molecule has 0 aliphatic carbocycles. The topological polar surface area (TPSA) is 107 Å². The summed E-state index contributed by atoms with van der Waals surface area (Å²) < 4.78 is 4.48. The molecule has 1 unspecified atom stereocenters. The number of phenols is 3. The first-order chi connectivity index (χ1) is 7.88. The zero-order valence-corrected chi connectivity index (χ0v) is 9.47. The van der Waals surface area contributed by atoms with Crippen molar-refractivity contribution >= 4 is 5.97 Å². The lowest BCUT2D eigenvalue weighted by Gasteiger charge is -2.13. The normalized spacial score (nSPS) is 12.2. The smallest absolute Gasteiger partial charge is 0.338 e. The average Bonchev–Trinajstić information content (AvgIpc) is 2.28. The van der Waals surface area contributed by atoms with Crippen LogP contribution in [0.5, 0.6) is 17.2 Å². The molecule has 0 aliphatic rings. The summed E-state index contributed by atoms with van der Waals surface area (Å²) in [6.07, 6.45) is -0.877. The zero-order chi connectivity index (χ0) is 13.2. The molecular weight excluding hydrogens is 228 g/mol. The lowest BCUT2D eigenvalue weighted by molar-refractivity contribution is 0.0597. The maximum Gasteiger partial charge on any atom is 0.338 e. The summed E-state index contributed by atoms with van der Waals surface area (Å²) in [5, 5.41) is 37.5. The second kappa shape index (κ2) is 4.92. The van der Waals surface area contributed by atoms with E-state index in [9.17, 15) is 25.2 Å². The van der Waals surface area contributed by atoms with Crippen LogP contribution in [0.15, 0.2) is 6.07 Å². The number of esters is 1. The molecule has 1 rings (SSSR count). The highest BCUT2D eigenvalue weighted by atomic mass is 16.5. The molecule has 0 amide bonds. The molecular formula is C11H14O6. The van der Waals surface area contributed by atoms with E-state index in [0.717, 1.165) is 13.2 Å². The summed E-state index contributed by atoms with van der Waals surface area (Å²) in [4.78, 5) is 11.4. The van der Waals surface area contributed by atoms with Crippen LogP contribution in [0.1, 0.15) is 22.8 Å². The summed E-state index contributed by atoms with van der Waals surface area (Å²) in [5.41, 5.74) is -0.0663. The maximum absolute atomic E-state index is 11.4. The van der Waals surface area contributed by atoms with Crippen molar-refractivity contribution in [2.75, 3.05) is 7.11 Å². The number of aliphatic hydroxyl groups excluding tert-OH is 1. The summed E-state index contributed by atoms with van der Waals surface area (Å²) in [7, 11) is 1.15. The third-order valence-electron chi connectivity index (χ3n) is 2.26. The average molecular weight is 242 g/mol. The van der Waals surface area contributed by atoms with Crippen LogP contribution in [-0.4, -0.2) is 39.6 Å². The molecule has 94 valence electrons. The second-order valence-electron chi connectivity index (χ2n) is 3.66. The number of benzene rings is 1. The quantitative estimate of drug-likeness (QED) is 0.454. The highest BCUT2D eigenvalue weighted by molar-refractivity contribution is 5.93. The third kappa shape index (κ3) is 2.59. The summed E-state index contributed by atoms with van der Waals surface area (Å²) in [6.45, 7) is 1.46. The van der Waals surface area contributed by atoms with E-state index in [0.29, 0.717) is 0 Å². The molecule has 6 nitrogen and oxygen atoms in total. The van der Waals surface area contributed by atoms with Crippen molar-refractivity contribution < 1.29 is 30.0 Å². The molecule has 1 atom stereocenters. The van der Waals surface area contributed by atoms with E-state index in [1.165, 1.54) is 6.92 Å². The molecule has 0 radical (unpaired) electrons. The Morgan fingerprint density at radius 2 is 1.94 bits per heavy atom. The minimum Gasteiger partial charge on any atom is -0.504 e. The van der Waals surface area contributed by atoms with Gasteiger partial charge in [0, 0.05) is 12.0 Å². The molecule has 0 saturated carbocycles. The van der Waals surface area contributed by atoms with Gasteiger partial charge in [-0.2, -0.15) is 0 Å².